The minimum absolute atomic E-state index is 0.0309. The summed E-state index contributed by atoms with van der Waals surface area (Å²) in [5.41, 5.74) is 0. The van der Waals surface area contributed by atoms with Gasteiger partial charge < -0.3 is 15.2 Å². The number of aliphatic hydroxyl groups is 1. The summed E-state index contributed by atoms with van der Waals surface area (Å²) in [5, 5.41) is 11.9. The average Bonchev–Trinajstić information content (AvgIpc) is 2.37. The van der Waals surface area contributed by atoms with Crippen LogP contribution in [0.25, 0.3) is 0 Å². The molecule has 1 aliphatic rings. The van der Waals surface area contributed by atoms with E-state index in [1.807, 2.05) is 25.7 Å². The Kier molecular flexibility index (Phi) is 6.58. The third-order valence-corrected chi connectivity index (χ3v) is 3.61. The number of amides is 1. The highest BCUT2D eigenvalue weighted by molar-refractivity contribution is 5.88. The van der Waals surface area contributed by atoms with Crippen molar-refractivity contribution in [3.05, 3.63) is 0 Å². The average molecular weight is 286 g/mol. The molecule has 20 heavy (non-hydrogen) atoms. The number of nitrogens with zero attached hydrogens (tertiary/aromatic N) is 1. The topological polar surface area (TPSA) is 78.9 Å². The van der Waals surface area contributed by atoms with Crippen LogP contribution in [0.5, 0.6) is 0 Å². The van der Waals surface area contributed by atoms with Gasteiger partial charge in [0.25, 0.3) is 0 Å². The van der Waals surface area contributed by atoms with Crippen LogP contribution in [0.15, 0.2) is 0 Å². The highest BCUT2D eigenvalue weighted by Gasteiger charge is 2.28. The Morgan fingerprint density at radius 1 is 1.45 bits per heavy atom. The number of nitrogens with one attached hydrogen (secondary N) is 1. The summed E-state index contributed by atoms with van der Waals surface area (Å²) >= 11 is 0. The third kappa shape index (κ3) is 4.85. The number of morpholine rings is 1. The van der Waals surface area contributed by atoms with E-state index < -0.39 is 6.04 Å². The molecule has 0 spiro atoms. The maximum absolute atomic E-state index is 12.1. The smallest absolute Gasteiger partial charge is 0.234 e. The highest BCUT2D eigenvalue weighted by atomic mass is 16.5. The van der Waals surface area contributed by atoms with E-state index in [2.05, 4.69) is 5.32 Å². The van der Waals surface area contributed by atoms with Crippen molar-refractivity contribution < 1.29 is 19.4 Å². The summed E-state index contributed by atoms with van der Waals surface area (Å²) < 4.78 is 5.43. The van der Waals surface area contributed by atoms with Crippen LogP contribution in [0.4, 0.5) is 0 Å². The Labute approximate surface area is 120 Å². The van der Waals surface area contributed by atoms with Gasteiger partial charge >= 0.3 is 0 Å². The second kappa shape index (κ2) is 7.71. The maximum Gasteiger partial charge on any atom is 0.234 e. The van der Waals surface area contributed by atoms with E-state index in [4.69, 9.17) is 9.84 Å². The van der Waals surface area contributed by atoms with Crippen molar-refractivity contribution in [2.75, 3.05) is 26.3 Å². The fraction of sp³-hybridized carbons (Fsp3) is 0.857. The fourth-order valence-corrected chi connectivity index (χ4v) is 2.35. The molecule has 0 aliphatic carbocycles. The molecule has 0 aromatic rings. The number of Topliss-reactive ketones (excluding diaryl/α,β-unsaturated/α-hetero) is 1. The van der Waals surface area contributed by atoms with Crippen molar-refractivity contribution in [2.24, 2.45) is 5.92 Å². The van der Waals surface area contributed by atoms with Crippen molar-refractivity contribution >= 4 is 11.7 Å². The van der Waals surface area contributed by atoms with Gasteiger partial charge in [-0.15, -0.1) is 0 Å². The Hall–Kier alpha value is -0.980. The molecule has 1 rings (SSSR count). The quantitative estimate of drug-likeness (QED) is 0.707. The molecule has 1 saturated heterocycles. The van der Waals surface area contributed by atoms with E-state index in [1.165, 1.54) is 6.92 Å². The molecule has 0 aromatic heterocycles. The molecule has 1 fully saturated rings. The van der Waals surface area contributed by atoms with E-state index in [0.29, 0.717) is 13.2 Å². The molecule has 116 valence electrons. The number of carbonyl (C=O) groups excluding carboxylic acids is 2. The van der Waals surface area contributed by atoms with Crippen LogP contribution in [0.3, 0.4) is 0 Å². The van der Waals surface area contributed by atoms with E-state index in [-0.39, 0.29) is 42.9 Å². The predicted molar refractivity (Wildman–Crippen MR) is 75.3 cm³/mol. The number of ketones is 1. The molecule has 6 nitrogen and oxygen atoms in total. The summed E-state index contributed by atoms with van der Waals surface area (Å²) in [6.07, 6.45) is -0.243. The minimum atomic E-state index is -0.438. The fourth-order valence-electron chi connectivity index (χ4n) is 2.35. The molecule has 1 aliphatic heterocycles. The summed E-state index contributed by atoms with van der Waals surface area (Å²) in [6.45, 7) is 8.48. The Morgan fingerprint density at radius 3 is 2.60 bits per heavy atom. The van der Waals surface area contributed by atoms with Gasteiger partial charge in [0, 0.05) is 12.6 Å². The molecule has 3 atom stereocenters. The summed E-state index contributed by atoms with van der Waals surface area (Å²) in [6, 6.07) is -0.314. The third-order valence-electron chi connectivity index (χ3n) is 3.61. The zero-order valence-corrected chi connectivity index (χ0v) is 12.8. The van der Waals surface area contributed by atoms with Crippen molar-refractivity contribution in [3.8, 4) is 0 Å². The second-order valence-electron chi connectivity index (χ2n) is 5.82. The lowest BCUT2D eigenvalue weighted by molar-refractivity contribution is -0.132. The molecular formula is C14H26N2O4. The monoisotopic (exact) mass is 286 g/mol. The molecule has 0 bridgehead atoms. The van der Waals surface area contributed by atoms with Crippen molar-refractivity contribution in [3.63, 3.8) is 0 Å². The number of carbonyl (C=O) groups is 2. The van der Waals surface area contributed by atoms with Gasteiger partial charge in [-0.2, -0.15) is 0 Å². The van der Waals surface area contributed by atoms with Gasteiger partial charge in [0.05, 0.1) is 31.9 Å². The van der Waals surface area contributed by atoms with E-state index in [1.54, 1.807) is 0 Å². The molecule has 3 unspecified atom stereocenters. The molecule has 2 N–H and O–H groups in total. The number of aliphatic hydroxyl groups excluding tert-OH is 1. The first kappa shape index (κ1) is 17.1. The largest absolute Gasteiger partial charge is 0.394 e. The predicted octanol–water partition coefficient (Wildman–Crippen LogP) is -0.202. The highest BCUT2D eigenvalue weighted by Crippen LogP contribution is 2.11. The zero-order valence-electron chi connectivity index (χ0n) is 12.8. The zero-order chi connectivity index (χ0) is 15.3. The van der Waals surface area contributed by atoms with Crippen LogP contribution >= 0.6 is 0 Å². The van der Waals surface area contributed by atoms with E-state index >= 15 is 0 Å². The Balaban J connectivity index is 2.53. The molecule has 1 amide bonds. The van der Waals surface area contributed by atoms with Crippen LogP contribution in [0, 0.1) is 5.92 Å². The van der Waals surface area contributed by atoms with Gasteiger partial charge in [-0.1, -0.05) is 13.8 Å². The lowest BCUT2D eigenvalue weighted by atomic mass is 10.0. The van der Waals surface area contributed by atoms with Gasteiger partial charge in [0.15, 0.2) is 5.78 Å². The summed E-state index contributed by atoms with van der Waals surface area (Å²) in [4.78, 5) is 25.5. The van der Waals surface area contributed by atoms with E-state index in [9.17, 15) is 9.59 Å². The second-order valence-corrected chi connectivity index (χ2v) is 5.82. The van der Waals surface area contributed by atoms with Crippen LogP contribution in [0.1, 0.15) is 27.7 Å². The number of hydrogen-bond acceptors (Lipinski definition) is 5. The van der Waals surface area contributed by atoms with Gasteiger partial charge in [0.2, 0.25) is 5.91 Å². The summed E-state index contributed by atoms with van der Waals surface area (Å²) in [5.74, 6) is -0.121. The van der Waals surface area contributed by atoms with Crippen molar-refractivity contribution in [1.29, 1.82) is 0 Å². The van der Waals surface area contributed by atoms with Crippen LogP contribution < -0.4 is 5.32 Å². The van der Waals surface area contributed by atoms with E-state index in [0.717, 1.165) is 0 Å². The van der Waals surface area contributed by atoms with Crippen molar-refractivity contribution in [2.45, 2.75) is 45.9 Å². The first-order valence-electron chi connectivity index (χ1n) is 7.11. The van der Waals surface area contributed by atoms with Crippen molar-refractivity contribution in [1.82, 2.24) is 10.2 Å². The Morgan fingerprint density at radius 2 is 2.10 bits per heavy atom. The molecule has 0 radical (unpaired) electrons. The summed E-state index contributed by atoms with van der Waals surface area (Å²) in [7, 11) is 0. The molecular weight excluding hydrogens is 260 g/mol. The molecule has 6 heteroatoms. The van der Waals surface area contributed by atoms with Gasteiger partial charge in [-0.05, 0) is 19.8 Å². The SMILES string of the molecule is CC(=O)C(NC(=O)CN1CC(CO)OCC1C)C(C)C. The first-order chi connectivity index (χ1) is 9.35. The lowest BCUT2D eigenvalue weighted by Crippen LogP contribution is -2.54. The number of ether oxygens (including phenoxy) is 1. The van der Waals surface area contributed by atoms with Gasteiger partial charge in [-0.3, -0.25) is 14.5 Å². The molecule has 1 heterocycles. The lowest BCUT2D eigenvalue weighted by Gasteiger charge is -2.37. The van der Waals surface area contributed by atoms with Crippen LogP contribution in [-0.4, -0.2) is 66.2 Å². The van der Waals surface area contributed by atoms with Crippen LogP contribution in [0.2, 0.25) is 0 Å². The maximum atomic E-state index is 12.1. The minimum Gasteiger partial charge on any atom is -0.394 e. The van der Waals surface area contributed by atoms with Crippen LogP contribution in [-0.2, 0) is 14.3 Å². The van der Waals surface area contributed by atoms with Gasteiger partial charge in [0.1, 0.15) is 0 Å². The number of hydrogen-bond donors (Lipinski definition) is 2. The normalized spacial score (nSPS) is 25.5. The molecule has 0 aromatic carbocycles. The first-order valence-corrected chi connectivity index (χ1v) is 7.11. The van der Waals surface area contributed by atoms with Gasteiger partial charge in [-0.25, -0.2) is 0 Å². The molecule has 0 saturated carbocycles. The standard InChI is InChI=1S/C14H26N2O4/c1-9(2)14(11(4)18)15-13(19)6-16-5-12(7-17)20-8-10(16)3/h9-10,12,14,17H,5-8H2,1-4H3,(H,15,19). The Bertz CT molecular complexity index is 346. The number of rotatable bonds is 6.